The minimum Gasteiger partial charge on any atom is -0.398 e. The molecule has 2 aromatic rings. The minimum absolute atomic E-state index is 0.0633. The van der Waals surface area contributed by atoms with Crippen molar-refractivity contribution < 1.29 is 0 Å². The predicted octanol–water partition coefficient (Wildman–Crippen LogP) is 4.38. The molecule has 23 heavy (non-hydrogen) atoms. The Labute approximate surface area is 139 Å². The number of hydrogen-bond acceptors (Lipinski definition) is 2. The molecular weight excluding hydrogens is 282 g/mol. The van der Waals surface area contributed by atoms with Crippen LogP contribution in [0.4, 0.5) is 5.69 Å². The van der Waals surface area contributed by atoms with Crippen molar-refractivity contribution >= 4 is 11.5 Å². The van der Waals surface area contributed by atoms with E-state index in [4.69, 9.17) is 16.9 Å². The molecule has 0 heterocycles. The highest BCUT2D eigenvalue weighted by Crippen LogP contribution is 2.34. The molecule has 5 N–H and O–H groups in total. The van der Waals surface area contributed by atoms with Gasteiger partial charge >= 0.3 is 0 Å². The van der Waals surface area contributed by atoms with Gasteiger partial charge < -0.3 is 11.5 Å². The van der Waals surface area contributed by atoms with Crippen molar-refractivity contribution in [3.63, 3.8) is 0 Å². The molecule has 1 radical (unpaired) electrons. The molecule has 0 amide bonds. The van der Waals surface area contributed by atoms with Gasteiger partial charge in [-0.2, -0.15) is 0 Å². The Kier molecular flexibility index (Phi) is 5.43. The number of nitrogen functional groups attached to an aromatic ring is 2. The van der Waals surface area contributed by atoms with Crippen molar-refractivity contribution in [1.29, 1.82) is 5.41 Å². The summed E-state index contributed by atoms with van der Waals surface area (Å²) in [6.07, 6.45) is 3.16. The fourth-order valence-corrected chi connectivity index (χ4v) is 2.92. The van der Waals surface area contributed by atoms with Crippen LogP contribution in [0.5, 0.6) is 0 Å². The predicted molar refractivity (Wildman–Crippen MR) is 99.5 cm³/mol. The first-order chi connectivity index (χ1) is 10.9. The second-order valence-corrected chi connectivity index (χ2v) is 6.41. The molecule has 0 saturated carbocycles. The summed E-state index contributed by atoms with van der Waals surface area (Å²) in [6, 6.07) is 11.6. The molecule has 0 saturated heterocycles. The van der Waals surface area contributed by atoms with E-state index >= 15 is 0 Å². The molecule has 0 aliphatic rings. The van der Waals surface area contributed by atoms with Crippen LogP contribution in [-0.4, -0.2) is 5.84 Å². The third-order valence-corrected chi connectivity index (χ3v) is 4.14. The fourth-order valence-electron chi connectivity index (χ4n) is 2.92. The number of hydrogen-bond donors (Lipinski definition) is 3. The van der Waals surface area contributed by atoms with Crippen molar-refractivity contribution in [3.8, 4) is 11.1 Å². The van der Waals surface area contributed by atoms with Gasteiger partial charge in [-0.15, -0.1) is 0 Å². The lowest BCUT2D eigenvalue weighted by molar-refractivity contribution is 0.556. The van der Waals surface area contributed by atoms with E-state index in [1.807, 2.05) is 36.4 Å². The highest BCUT2D eigenvalue weighted by molar-refractivity contribution is 6.03. The average molecular weight is 308 g/mol. The molecule has 0 spiro atoms. The van der Waals surface area contributed by atoms with E-state index in [0.29, 0.717) is 11.6 Å². The van der Waals surface area contributed by atoms with Gasteiger partial charge in [-0.25, -0.2) is 0 Å². The smallest absolute Gasteiger partial charge is 0.123 e. The molecule has 0 bridgehead atoms. The van der Waals surface area contributed by atoms with Gasteiger partial charge in [0.05, 0.1) is 0 Å². The third-order valence-electron chi connectivity index (χ3n) is 4.14. The standard InChI is InChI=1S/C20H26N3/c1-13(2)7-6-9-15-14(3)11-12-17(20(22)23)19(15)16-8-4-5-10-18(16)21/h4-5,8,10-13H,3,6-7,9,21H2,1-2H3,(H3,22,23). The van der Waals surface area contributed by atoms with Crippen molar-refractivity contribution in [1.82, 2.24) is 0 Å². The molecule has 2 aromatic carbocycles. The zero-order chi connectivity index (χ0) is 17.0. The van der Waals surface area contributed by atoms with Gasteiger partial charge in [-0.3, -0.25) is 5.41 Å². The van der Waals surface area contributed by atoms with E-state index < -0.39 is 0 Å². The summed E-state index contributed by atoms with van der Waals surface area (Å²) in [5, 5.41) is 7.92. The number of nitrogens with two attached hydrogens (primary N) is 2. The zero-order valence-electron chi connectivity index (χ0n) is 14.0. The molecule has 121 valence electrons. The van der Waals surface area contributed by atoms with Gasteiger partial charge in [-0.1, -0.05) is 50.6 Å². The summed E-state index contributed by atoms with van der Waals surface area (Å²) in [5.74, 6) is 0.734. The Bertz CT molecular complexity index is 702. The Balaban J connectivity index is 2.58. The largest absolute Gasteiger partial charge is 0.398 e. The number of nitrogens with one attached hydrogen (secondary N) is 1. The van der Waals surface area contributed by atoms with Gasteiger partial charge in [0.1, 0.15) is 5.84 Å². The Morgan fingerprint density at radius 3 is 2.48 bits per heavy atom. The van der Waals surface area contributed by atoms with Crippen LogP contribution in [0.15, 0.2) is 36.4 Å². The lowest BCUT2D eigenvalue weighted by Crippen LogP contribution is -2.14. The van der Waals surface area contributed by atoms with Crippen molar-refractivity contribution in [2.75, 3.05) is 5.73 Å². The van der Waals surface area contributed by atoms with Gasteiger partial charge in [0, 0.05) is 16.8 Å². The van der Waals surface area contributed by atoms with Crippen LogP contribution < -0.4 is 11.5 Å². The summed E-state index contributed by atoms with van der Waals surface area (Å²) < 4.78 is 0. The van der Waals surface area contributed by atoms with Crippen LogP contribution in [0.2, 0.25) is 0 Å². The van der Waals surface area contributed by atoms with Crippen LogP contribution >= 0.6 is 0 Å². The Morgan fingerprint density at radius 2 is 1.87 bits per heavy atom. The topological polar surface area (TPSA) is 75.9 Å². The molecule has 0 aliphatic carbocycles. The second-order valence-electron chi connectivity index (χ2n) is 6.41. The van der Waals surface area contributed by atoms with Gasteiger partial charge in [-0.05, 0) is 48.4 Å². The summed E-state index contributed by atoms with van der Waals surface area (Å²) >= 11 is 0. The maximum atomic E-state index is 7.92. The quantitative estimate of drug-likeness (QED) is 0.421. The number of anilines is 1. The number of amidine groups is 1. The van der Waals surface area contributed by atoms with E-state index in [2.05, 4.69) is 20.8 Å². The van der Waals surface area contributed by atoms with Crippen molar-refractivity contribution in [2.24, 2.45) is 11.7 Å². The average Bonchev–Trinajstić information content (AvgIpc) is 2.49. The second kappa shape index (κ2) is 7.32. The first-order valence-electron chi connectivity index (χ1n) is 8.09. The molecule has 3 heteroatoms. The summed E-state index contributed by atoms with van der Waals surface area (Å²) in [6.45, 7) is 8.64. The van der Waals surface area contributed by atoms with Crippen LogP contribution in [0.3, 0.4) is 0 Å². The summed E-state index contributed by atoms with van der Waals surface area (Å²) in [7, 11) is 0. The van der Waals surface area contributed by atoms with E-state index in [1.54, 1.807) is 0 Å². The monoisotopic (exact) mass is 308 g/mol. The molecule has 3 nitrogen and oxygen atoms in total. The van der Waals surface area contributed by atoms with Crippen LogP contribution in [-0.2, 0) is 6.42 Å². The molecular formula is C20H26N3. The maximum absolute atomic E-state index is 7.92. The highest BCUT2D eigenvalue weighted by Gasteiger charge is 2.16. The van der Waals surface area contributed by atoms with E-state index in [9.17, 15) is 0 Å². The lowest BCUT2D eigenvalue weighted by atomic mass is 9.87. The summed E-state index contributed by atoms with van der Waals surface area (Å²) in [5.41, 5.74) is 17.5. The molecule has 0 unspecified atom stereocenters. The number of benzene rings is 2. The van der Waals surface area contributed by atoms with Gasteiger partial charge in [0.15, 0.2) is 0 Å². The van der Waals surface area contributed by atoms with Gasteiger partial charge in [0.25, 0.3) is 0 Å². The van der Waals surface area contributed by atoms with Crippen LogP contribution in [0.1, 0.15) is 43.4 Å². The molecule has 0 fully saturated rings. The van der Waals surface area contributed by atoms with Crippen LogP contribution in [0, 0.1) is 18.3 Å². The highest BCUT2D eigenvalue weighted by atomic mass is 14.7. The lowest BCUT2D eigenvalue weighted by Gasteiger charge is -2.19. The van der Waals surface area contributed by atoms with Gasteiger partial charge in [0.2, 0.25) is 0 Å². The number of rotatable bonds is 6. The molecule has 2 rings (SSSR count). The maximum Gasteiger partial charge on any atom is 0.123 e. The van der Waals surface area contributed by atoms with Crippen LogP contribution in [0.25, 0.3) is 11.1 Å². The van der Waals surface area contributed by atoms with E-state index in [0.717, 1.165) is 47.1 Å². The normalized spacial score (nSPS) is 11.0. The first kappa shape index (κ1) is 17.1. The van der Waals surface area contributed by atoms with Crippen molar-refractivity contribution in [3.05, 3.63) is 60.0 Å². The number of para-hydroxylation sites is 1. The zero-order valence-corrected chi connectivity index (χ0v) is 14.0. The minimum atomic E-state index is 0.0633. The van der Waals surface area contributed by atoms with Crippen molar-refractivity contribution in [2.45, 2.75) is 33.1 Å². The molecule has 0 aromatic heterocycles. The molecule has 0 atom stereocenters. The van der Waals surface area contributed by atoms with E-state index in [-0.39, 0.29) is 5.84 Å². The third kappa shape index (κ3) is 3.92. The fraction of sp³-hybridized carbons (Fsp3) is 0.300. The van der Waals surface area contributed by atoms with E-state index in [1.165, 1.54) is 0 Å². The SMILES string of the molecule is [CH2]c1ccc(C(=N)N)c(-c2ccccc2N)c1CCCC(C)C. The Morgan fingerprint density at radius 1 is 1.17 bits per heavy atom. The molecule has 0 aliphatic heterocycles. The summed E-state index contributed by atoms with van der Waals surface area (Å²) in [4.78, 5) is 0. The Hall–Kier alpha value is -2.29. The first-order valence-corrected chi connectivity index (χ1v) is 8.09.